The van der Waals surface area contributed by atoms with E-state index in [1.807, 2.05) is 17.0 Å². The maximum absolute atomic E-state index is 13.0. The van der Waals surface area contributed by atoms with Crippen molar-refractivity contribution in [1.29, 1.82) is 0 Å². The number of hydrogen-bond donors (Lipinski definition) is 0. The second kappa shape index (κ2) is 7.69. The molecule has 31 heavy (non-hydrogen) atoms. The molecule has 4 heteroatoms. The van der Waals surface area contributed by atoms with E-state index in [0.717, 1.165) is 29.1 Å². The predicted molar refractivity (Wildman–Crippen MR) is 126 cm³/mol. The Morgan fingerprint density at radius 3 is 2.48 bits per heavy atom. The Morgan fingerprint density at radius 1 is 0.903 bits per heavy atom. The van der Waals surface area contributed by atoms with Gasteiger partial charge >= 0.3 is 0 Å². The van der Waals surface area contributed by atoms with E-state index in [-0.39, 0.29) is 11.8 Å². The lowest BCUT2D eigenvalue weighted by molar-refractivity contribution is -0.117. The standard InChI is InChI=1S/C27H27N3O/c1-18-10-8-14-24(20(18)3)29-17-22(15-26(29)31)27-28-23-12-6-7-13-25(23)30(27)16-21-11-5-4-9-19(21)2/h4-14,22H,15-17H2,1-3H3/t22-/m1/s1. The number of rotatable bonds is 4. The lowest BCUT2D eigenvalue weighted by Crippen LogP contribution is -2.25. The van der Waals surface area contributed by atoms with Crippen LogP contribution in [0.2, 0.25) is 0 Å². The highest BCUT2D eigenvalue weighted by Gasteiger charge is 2.35. The predicted octanol–water partition coefficient (Wildman–Crippen LogP) is 5.53. The average molecular weight is 410 g/mol. The van der Waals surface area contributed by atoms with Crippen LogP contribution in [0.25, 0.3) is 11.0 Å². The van der Waals surface area contributed by atoms with E-state index in [4.69, 9.17) is 4.98 Å². The molecule has 0 aliphatic carbocycles. The van der Waals surface area contributed by atoms with Gasteiger partial charge in [0.1, 0.15) is 5.82 Å². The number of carbonyl (C=O) groups is 1. The Hall–Kier alpha value is -3.40. The van der Waals surface area contributed by atoms with Gasteiger partial charge < -0.3 is 9.47 Å². The third-order valence-electron chi connectivity index (χ3n) is 6.63. The largest absolute Gasteiger partial charge is 0.323 e. The second-order valence-electron chi connectivity index (χ2n) is 8.60. The summed E-state index contributed by atoms with van der Waals surface area (Å²) in [5.74, 6) is 1.25. The minimum atomic E-state index is 0.0730. The van der Waals surface area contributed by atoms with Crippen LogP contribution in [0.15, 0.2) is 66.7 Å². The maximum Gasteiger partial charge on any atom is 0.227 e. The first-order valence-electron chi connectivity index (χ1n) is 10.9. The van der Waals surface area contributed by atoms with E-state index < -0.39 is 0 Å². The van der Waals surface area contributed by atoms with E-state index in [2.05, 4.69) is 79.9 Å². The monoisotopic (exact) mass is 409 g/mol. The zero-order chi connectivity index (χ0) is 21.5. The summed E-state index contributed by atoms with van der Waals surface area (Å²) < 4.78 is 2.31. The van der Waals surface area contributed by atoms with Crippen molar-refractivity contribution in [2.45, 2.75) is 39.7 Å². The van der Waals surface area contributed by atoms with E-state index in [1.54, 1.807) is 0 Å². The van der Waals surface area contributed by atoms with Crippen molar-refractivity contribution in [2.75, 3.05) is 11.4 Å². The van der Waals surface area contributed by atoms with Gasteiger partial charge in [-0.2, -0.15) is 0 Å². The molecule has 1 saturated heterocycles. The third kappa shape index (κ3) is 3.42. The number of aryl methyl sites for hydroxylation is 2. The Kier molecular flexibility index (Phi) is 4.85. The summed E-state index contributed by atoms with van der Waals surface area (Å²) in [7, 11) is 0. The lowest BCUT2D eigenvalue weighted by Gasteiger charge is -2.20. The van der Waals surface area contributed by atoms with E-state index in [9.17, 15) is 4.79 Å². The molecule has 0 unspecified atom stereocenters. The van der Waals surface area contributed by atoms with Gasteiger partial charge in [-0.15, -0.1) is 0 Å². The maximum atomic E-state index is 13.0. The van der Waals surface area contributed by atoms with Crippen LogP contribution in [-0.2, 0) is 11.3 Å². The summed E-state index contributed by atoms with van der Waals surface area (Å²) in [4.78, 5) is 20.0. The molecule has 1 atom stereocenters. The molecule has 1 aliphatic rings. The minimum Gasteiger partial charge on any atom is -0.323 e. The van der Waals surface area contributed by atoms with Crippen LogP contribution in [0.1, 0.15) is 40.4 Å². The van der Waals surface area contributed by atoms with Crippen LogP contribution in [-0.4, -0.2) is 22.0 Å². The number of hydrogen-bond acceptors (Lipinski definition) is 2. The number of anilines is 1. The highest BCUT2D eigenvalue weighted by atomic mass is 16.2. The van der Waals surface area contributed by atoms with Crippen LogP contribution in [0.3, 0.4) is 0 Å². The van der Waals surface area contributed by atoms with Crippen LogP contribution >= 0.6 is 0 Å². The van der Waals surface area contributed by atoms with Crippen molar-refractivity contribution >= 4 is 22.6 Å². The van der Waals surface area contributed by atoms with Crippen molar-refractivity contribution in [2.24, 2.45) is 0 Å². The molecule has 1 fully saturated rings. The van der Waals surface area contributed by atoms with Crippen molar-refractivity contribution in [3.63, 3.8) is 0 Å². The van der Waals surface area contributed by atoms with Gasteiger partial charge in [-0.05, 0) is 61.2 Å². The van der Waals surface area contributed by atoms with E-state index in [0.29, 0.717) is 13.0 Å². The number of carbonyl (C=O) groups excluding carboxylic acids is 1. The molecule has 5 rings (SSSR count). The van der Waals surface area contributed by atoms with Gasteiger partial charge in [0.2, 0.25) is 5.91 Å². The van der Waals surface area contributed by atoms with Gasteiger partial charge in [0.25, 0.3) is 0 Å². The van der Waals surface area contributed by atoms with Gasteiger partial charge in [0.15, 0.2) is 0 Å². The Labute approximate surface area is 183 Å². The third-order valence-corrected chi connectivity index (χ3v) is 6.63. The fourth-order valence-corrected chi connectivity index (χ4v) is 4.67. The first kappa shape index (κ1) is 19.6. The van der Waals surface area contributed by atoms with Crippen molar-refractivity contribution in [3.05, 3.63) is 94.8 Å². The number of aromatic nitrogens is 2. The second-order valence-corrected chi connectivity index (χ2v) is 8.60. The molecule has 2 heterocycles. The van der Waals surface area contributed by atoms with Crippen LogP contribution in [0.5, 0.6) is 0 Å². The zero-order valence-corrected chi connectivity index (χ0v) is 18.3. The number of benzene rings is 3. The smallest absolute Gasteiger partial charge is 0.227 e. The van der Waals surface area contributed by atoms with Gasteiger partial charge in [0, 0.05) is 31.1 Å². The molecule has 4 nitrogen and oxygen atoms in total. The van der Waals surface area contributed by atoms with Crippen LogP contribution in [0.4, 0.5) is 5.69 Å². The molecule has 0 spiro atoms. The molecule has 1 amide bonds. The van der Waals surface area contributed by atoms with Gasteiger partial charge in [-0.1, -0.05) is 48.5 Å². The van der Waals surface area contributed by atoms with Crippen molar-refractivity contribution in [1.82, 2.24) is 9.55 Å². The number of para-hydroxylation sites is 2. The number of amides is 1. The molecule has 4 aromatic rings. The molecule has 156 valence electrons. The molecule has 0 saturated carbocycles. The van der Waals surface area contributed by atoms with Gasteiger partial charge in [-0.3, -0.25) is 4.79 Å². The molecular formula is C27H27N3O. The average Bonchev–Trinajstić information content (AvgIpc) is 3.32. The van der Waals surface area contributed by atoms with Crippen LogP contribution in [0, 0.1) is 20.8 Å². The van der Waals surface area contributed by atoms with E-state index in [1.165, 1.54) is 22.3 Å². The fraction of sp³-hybridized carbons (Fsp3) is 0.259. The summed E-state index contributed by atoms with van der Waals surface area (Å²) in [6.07, 6.45) is 0.491. The Bertz CT molecular complexity index is 1290. The normalized spacial score (nSPS) is 16.4. The topological polar surface area (TPSA) is 38.1 Å². The molecule has 3 aromatic carbocycles. The van der Waals surface area contributed by atoms with Gasteiger partial charge in [0.05, 0.1) is 11.0 Å². The molecule has 0 bridgehead atoms. The summed E-state index contributed by atoms with van der Waals surface area (Å²) in [6, 6.07) is 22.9. The molecular weight excluding hydrogens is 382 g/mol. The first-order valence-corrected chi connectivity index (χ1v) is 10.9. The first-order chi connectivity index (χ1) is 15.0. The fourth-order valence-electron chi connectivity index (χ4n) is 4.67. The lowest BCUT2D eigenvalue weighted by atomic mass is 10.1. The summed E-state index contributed by atoms with van der Waals surface area (Å²) in [6.45, 7) is 7.77. The minimum absolute atomic E-state index is 0.0730. The quantitative estimate of drug-likeness (QED) is 0.444. The number of nitrogens with zero attached hydrogens (tertiary/aromatic N) is 3. The molecule has 1 aromatic heterocycles. The summed E-state index contributed by atoms with van der Waals surface area (Å²) >= 11 is 0. The highest BCUT2D eigenvalue weighted by Crippen LogP contribution is 2.35. The Morgan fingerprint density at radius 2 is 1.65 bits per heavy atom. The number of fused-ring (bicyclic) bond motifs is 1. The molecule has 1 aliphatic heterocycles. The molecule has 0 N–H and O–H groups in total. The highest BCUT2D eigenvalue weighted by molar-refractivity contribution is 5.97. The molecule has 0 radical (unpaired) electrons. The summed E-state index contributed by atoms with van der Waals surface area (Å²) in [5, 5.41) is 0. The Balaban J connectivity index is 1.55. The van der Waals surface area contributed by atoms with Crippen molar-refractivity contribution in [3.8, 4) is 0 Å². The SMILES string of the molecule is Cc1ccccc1Cn1c([C@@H]2CC(=O)N(c3cccc(C)c3C)C2)nc2ccccc21. The van der Waals surface area contributed by atoms with Crippen molar-refractivity contribution < 1.29 is 4.79 Å². The summed E-state index contributed by atoms with van der Waals surface area (Å²) in [5.41, 5.74) is 8.06. The van der Waals surface area contributed by atoms with E-state index >= 15 is 0 Å². The zero-order valence-electron chi connectivity index (χ0n) is 18.3. The van der Waals surface area contributed by atoms with Gasteiger partial charge in [-0.25, -0.2) is 4.98 Å². The number of imidazole rings is 1. The van der Waals surface area contributed by atoms with Crippen LogP contribution < -0.4 is 4.90 Å².